The molecule has 4 aromatic rings. The van der Waals surface area contributed by atoms with Crippen LogP contribution in [0.5, 0.6) is 5.75 Å². The third kappa shape index (κ3) is 6.02. The van der Waals surface area contributed by atoms with Crippen LogP contribution in [0.2, 0.25) is 0 Å². The highest BCUT2D eigenvalue weighted by atomic mass is 32.3. The minimum atomic E-state index is -1.07. The molecule has 0 unspecified atom stereocenters. The minimum absolute atomic E-state index is 0.915. The molecule has 0 bridgehead atoms. The molecule has 0 saturated carbocycles. The van der Waals surface area contributed by atoms with Crippen LogP contribution in [0.3, 0.4) is 0 Å². The van der Waals surface area contributed by atoms with Gasteiger partial charge in [0.15, 0.2) is 0 Å². The molecular formula is C29H30OS. The van der Waals surface area contributed by atoms with Gasteiger partial charge in [0, 0.05) is 23.0 Å². The monoisotopic (exact) mass is 426 g/mol. The average molecular weight is 427 g/mol. The van der Waals surface area contributed by atoms with Gasteiger partial charge in [-0.3, -0.25) is 0 Å². The smallest absolute Gasteiger partial charge is 0.118 e. The Morgan fingerprint density at radius 1 is 0.452 bits per heavy atom. The first-order valence-corrected chi connectivity index (χ1v) is 13.0. The predicted molar refractivity (Wildman–Crippen MR) is 135 cm³/mol. The average Bonchev–Trinajstić information content (AvgIpc) is 2.81. The molecule has 0 amide bonds. The Morgan fingerprint density at radius 3 is 1.10 bits per heavy atom. The number of hydrogen-bond acceptors (Lipinski definition) is 1. The summed E-state index contributed by atoms with van der Waals surface area (Å²) in [4.78, 5) is 0. The van der Waals surface area contributed by atoms with Gasteiger partial charge < -0.3 is 4.74 Å². The van der Waals surface area contributed by atoms with Crippen molar-refractivity contribution in [2.45, 2.75) is 23.0 Å². The van der Waals surface area contributed by atoms with Crippen LogP contribution in [-0.2, 0) is 23.0 Å². The summed E-state index contributed by atoms with van der Waals surface area (Å²) in [5.74, 6) is 5.35. The van der Waals surface area contributed by atoms with Gasteiger partial charge in [0.2, 0.25) is 0 Å². The maximum absolute atomic E-state index is 5.39. The lowest BCUT2D eigenvalue weighted by molar-refractivity contribution is 0.414. The molecule has 2 heteroatoms. The fourth-order valence-corrected chi connectivity index (χ4v) is 8.38. The van der Waals surface area contributed by atoms with E-state index in [4.69, 9.17) is 4.74 Å². The summed E-state index contributed by atoms with van der Waals surface area (Å²) in [7, 11) is 0.658. The van der Waals surface area contributed by atoms with Gasteiger partial charge in [-0.25, -0.2) is 10.0 Å². The topological polar surface area (TPSA) is 9.23 Å². The second kappa shape index (κ2) is 10.4. The van der Waals surface area contributed by atoms with Crippen molar-refractivity contribution < 1.29 is 4.74 Å². The SMILES string of the molecule is COc1ccc(CS(Cc2ccccc2)(Cc2ccccc2)Cc2ccccc2)cc1. The molecule has 4 aromatic carbocycles. The Balaban J connectivity index is 1.74. The summed E-state index contributed by atoms with van der Waals surface area (Å²) in [5.41, 5.74) is 5.67. The van der Waals surface area contributed by atoms with Crippen molar-refractivity contribution in [2.24, 2.45) is 0 Å². The zero-order chi connectivity index (χ0) is 21.4. The van der Waals surface area contributed by atoms with Gasteiger partial charge in [-0.15, -0.1) is 0 Å². The number of hydrogen-bond donors (Lipinski definition) is 0. The first kappa shape index (κ1) is 21.3. The normalized spacial score (nSPS) is 11.8. The van der Waals surface area contributed by atoms with Crippen LogP contribution in [0.1, 0.15) is 22.3 Å². The fourth-order valence-electron chi connectivity index (χ4n) is 4.16. The van der Waals surface area contributed by atoms with Crippen molar-refractivity contribution >= 4 is 10.0 Å². The van der Waals surface area contributed by atoms with Gasteiger partial charge >= 0.3 is 0 Å². The quantitative estimate of drug-likeness (QED) is 0.268. The van der Waals surface area contributed by atoms with Crippen LogP contribution >= 0.6 is 10.0 Å². The fraction of sp³-hybridized carbons (Fsp3) is 0.172. The number of methoxy groups -OCH3 is 1. The molecule has 0 fully saturated rings. The highest BCUT2D eigenvalue weighted by Crippen LogP contribution is 2.59. The maximum Gasteiger partial charge on any atom is 0.118 e. The summed E-state index contributed by atoms with van der Waals surface area (Å²) in [5, 5.41) is 0. The van der Waals surface area contributed by atoms with E-state index in [0.29, 0.717) is 0 Å². The van der Waals surface area contributed by atoms with E-state index in [2.05, 4.69) is 115 Å². The van der Waals surface area contributed by atoms with E-state index in [9.17, 15) is 0 Å². The molecule has 158 valence electrons. The largest absolute Gasteiger partial charge is 0.497 e. The van der Waals surface area contributed by atoms with Crippen LogP contribution in [0, 0.1) is 0 Å². The molecule has 0 aliphatic rings. The summed E-state index contributed by atoms with van der Waals surface area (Å²) in [6, 6.07) is 41.7. The van der Waals surface area contributed by atoms with Crippen molar-refractivity contribution in [1.29, 1.82) is 0 Å². The number of ether oxygens (including phenoxy) is 1. The molecule has 0 N–H and O–H groups in total. The third-order valence-electron chi connectivity index (χ3n) is 5.58. The van der Waals surface area contributed by atoms with Gasteiger partial charge in [0.1, 0.15) is 5.75 Å². The van der Waals surface area contributed by atoms with E-state index in [0.717, 1.165) is 28.8 Å². The second-order valence-electron chi connectivity index (χ2n) is 8.11. The Morgan fingerprint density at radius 2 is 0.774 bits per heavy atom. The van der Waals surface area contributed by atoms with E-state index >= 15 is 0 Å². The first-order chi connectivity index (χ1) is 15.2. The van der Waals surface area contributed by atoms with E-state index in [1.807, 2.05) is 0 Å². The Bertz CT molecular complexity index is 943. The van der Waals surface area contributed by atoms with Crippen LogP contribution < -0.4 is 4.74 Å². The summed E-state index contributed by atoms with van der Waals surface area (Å²) >= 11 is 0. The Hall–Kier alpha value is -2.97. The summed E-state index contributed by atoms with van der Waals surface area (Å²) in [6.07, 6.45) is 0. The minimum Gasteiger partial charge on any atom is -0.497 e. The first-order valence-electron chi connectivity index (χ1n) is 10.7. The molecule has 0 atom stereocenters. The molecular weight excluding hydrogens is 396 g/mol. The maximum atomic E-state index is 5.39. The molecule has 31 heavy (non-hydrogen) atoms. The van der Waals surface area contributed by atoms with E-state index in [1.165, 1.54) is 22.3 Å². The van der Waals surface area contributed by atoms with Gasteiger partial charge in [0.05, 0.1) is 7.11 Å². The van der Waals surface area contributed by atoms with Crippen LogP contribution in [0.4, 0.5) is 0 Å². The molecule has 1 nitrogen and oxygen atoms in total. The molecule has 0 spiro atoms. The zero-order valence-corrected chi connectivity index (χ0v) is 18.9. The predicted octanol–water partition coefficient (Wildman–Crippen LogP) is 7.60. The van der Waals surface area contributed by atoms with Crippen LogP contribution in [0.25, 0.3) is 0 Å². The molecule has 4 rings (SSSR count). The lowest BCUT2D eigenvalue weighted by Crippen LogP contribution is -2.13. The van der Waals surface area contributed by atoms with Crippen LogP contribution in [-0.4, -0.2) is 7.11 Å². The number of rotatable bonds is 9. The van der Waals surface area contributed by atoms with Crippen molar-refractivity contribution in [3.63, 3.8) is 0 Å². The standard InChI is InChI=1S/C29H30OS/c1-30-29-19-17-28(18-20-29)24-31(21-25-11-5-2-6-12-25,22-26-13-7-3-8-14-26)23-27-15-9-4-10-16-27/h2-20H,21-24H2,1H3. The lowest BCUT2D eigenvalue weighted by Gasteiger charge is -2.41. The summed E-state index contributed by atoms with van der Waals surface area (Å²) in [6.45, 7) is 0. The van der Waals surface area contributed by atoms with Gasteiger partial charge in [-0.1, -0.05) is 103 Å². The van der Waals surface area contributed by atoms with Crippen molar-refractivity contribution in [2.75, 3.05) is 7.11 Å². The highest BCUT2D eigenvalue weighted by Gasteiger charge is 2.26. The van der Waals surface area contributed by atoms with Crippen molar-refractivity contribution in [3.05, 3.63) is 138 Å². The number of benzene rings is 4. The molecule has 0 radical (unpaired) electrons. The van der Waals surface area contributed by atoms with Crippen molar-refractivity contribution in [3.8, 4) is 5.75 Å². The van der Waals surface area contributed by atoms with E-state index < -0.39 is 10.0 Å². The lowest BCUT2D eigenvalue weighted by atomic mass is 10.2. The third-order valence-corrected chi connectivity index (χ3v) is 9.36. The van der Waals surface area contributed by atoms with Crippen molar-refractivity contribution in [1.82, 2.24) is 0 Å². The molecule has 0 saturated heterocycles. The van der Waals surface area contributed by atoms with Gasteiger partial charge in [-0.05, 0) is 34.4 Å². The van der Waals surface area contributed by atoms with E-state index in [-0.39, 0.29) is 0 Å². The van der Waals surface area contributed by atoms with Gasteiger partial charge in [0.25, 0.3) is 0 Å². The molecule has 0 heterocycles. The summed E-state index contributed by atoms with van der Waals surface area (Å²) < 4.78 is 5.39. The van der Waals surface area contributed by atoms with Gasteiger partial charge in [-0.2, -0.15) is 0 Å². The zero-order valence-electron chi connectivity index (χ0n) is 18.1. The Kier molecular flexibility index (Phi) is 7.11. The molecule has 0 aliphatic heterocycles. The molecule has 0 aliphatic carbocycles. The van der Waals surface area contributed by atoms with E-state index in [1.54, 1.807) is 7.11 Å². The second-order valence-corrected chi connectivity index (χ2v) is 11.7. The molecule has 0 aromatic heterocycles. The highest BCUT2D eigenvalue weighted by molar-refractivity contribution is 8.31. The Labute approximate surface area is 188 Å². The van der Waals surface area contributed by atoms with Crippen LogP contribution in [0.15, 0.2) is 115 Å².